The lowest BCUT2D eigenvalue weighted by Gasteiger charge is -2.13. The number of hydrogen-bond acceptors (Lipinski definition) is 4. The molecule has 0 aromatic heterocycles. The zero-order valence-corrected chi connectivity index (χ0v) is 17.3. The molecule has 31 heavy (non-hydrogen) atoms. The molecular formula is C27H25N3O. The smallest absolute Gasteiger partial charge is 0.153 e. The molecule has 0 amide bonds. The largest absolute Gasteiger partial charge is 0.374 e. The van der Waals surface area contributed by atoms with E-state index in [0.29, 0.717) is 12.8 Å². The molecule has 0 saturated carbocycles. The number of benzene rings is 3. The average Bonchev–Trinajstić information content (AvgIpc) is 3.32. The van der Waals surface area contributed by atoms with E-state index in [0.717, 1.165) is 23.2 Å². The molecule has 3 N–H and O–H groups in total. The van der Waals surface area contributed by atoms with Crippen LogP contribution < -0.4 is 11.1 Å². The van der Waals surface area contributed by atoms with Crippen molar-refractivity contribution in [2.75, 3.05) is 6.54 Å². The zero-order valence-electron chi connectivity index (χ0n) is 17.3. The fourth-order valence-electron chi connectivity index (χ4n) is 3.53. The van der Waals surface area contributed by atoms with E-state index in [4.69, 9.17) is 5.73 Å². The number of carbonyl (C=O) groups excluding carboxylic acids is 1. The fourth-order valence-corrected chi connectivity index (χ4v) is 3.53. The van der Waals surface area contributed by atoms with Crippen molar-refractivity contribution < 1.29 is 4.79 Å². The minimum atomic E-state index is -0.486. The molecule has 1 heterocycles. The Labute approximate surface area is 183 Å². The van der Waals surface area contributed by atoms with Gasteiger partial charge in [0.2, 0.25) is 0 Å². The van der Waals surface area contributed by atoms with Crippen LogP contribution in [0.1, 0.15) is 23.1 Å². The molecule has 3 aromatic carbocycles. The normalized spacial score (nSPS) is 15.6. The van der Waals surface area contributed by atoms with E-state index in [1.54, 1.807) is 6.34 Å². The minimum Gasteiger partial charge on any atom is -0.374 e. The minimum absolute atomic E-state index is 0.0411. The van der Waals surface area contributed by atoms with E-state index in [9.17, 15) is 4.79 Å². The van der Waals surface area contributed by atoms with Gasteiger partial charge in [-0.25, -0.2) is 0 Å². The van der Waals surface area contributed by atoms with Gasteiger partial charge in [0.05, 0.1) is 18.4 Å². The number of nitrogens with zero attached hydrogens (tertiary/aromatic N) is 1. The average molecular weight is 408 g/mol. The Morgan fingerprint density at radius 3 is 2.16 bits per heavy atom. The molecule has 0 radical (unpaired) electrons. The number of carbonyl (C=O) groups is 1. The van der Waals surface area contributed by atoms with E-state index < -0.39 is 6.04 Å². The van der Waals surface area contributed by atoms with Gasteiger partial charge in [0.25, 0.3) is 0 Å². The van der Waals surface area contributed by atoms with Crippen LogP contribution in [0, 0.1) is 11.8 Å². The van der Waals surface area contributed by atoms with Crippen molar-refractivity contribution >= 4 is 12.1 Å². The first kappa shape index (κ1) is 20.6. The molecule has 0 saturated heterocycles. The van der Waals surface area contributed by atoms with E-state index >= 15 is 0 Å². The van der Waals surface area contributed by atoms with E-state index in [2.05, 4.69) is 46.4 Å². The van der Waals surface area contributed by atoms with Crippen LogP contribution in [0.5, 0.6) is 0 Å². The highest BCUT2D eigenvalue weighted by atomic mass is 16.1. The van der Waals surface area contributed by atoms with Gasteiger partial charge in [0.1, 0.15) is 0 Å². The number of aliphatic imine (C=N–C) groups is 1. The Bertz CT molecular complexity index is 1110. The Hall–Kier alpha value is -3.68. The van der Waals surface area contributed by atoms with Crippen LogP contribution in [-0.4, -0.2) is 30.8 Å². The third-order valence-electron chi connectivity index (χ3n) is 5.35. The van der Waals surface area contributed by atoms with Crippen molar-refractivity contribution in [2.24, 2.45) is 10.7 Å². The van der Waals surface area contributed by atoms with Crippen molar-refractivity contribution in [3.8, 4) is 23.0 Å². The Balaban J connectivity index is 1.34. The number of Topliss-reactive ketones (excluding diaryl/α,β-unsaturated/α-hetero) is 1. The number of rotatable bonds is 6. The second kappa shape index (κ2) is 9.88. The molecule has 1 aliphatic heterocycles. The van der Waals surface area contributed by atoms with Gasteiger partial charge in [-0.1, -0.05) is 66.4 Å². The maximum Gasteiger partial charge on any atom is 0.153 e. The lowest BCUT2D eigenvalue weighted by Crippen LogP contribution is -2.36. The molecular weight excluding hydrogens is 382 g/mol. The summed E-state index contributed by atoms with van der Waals surface area (Å²) in [6.07, 6.45) is 2.59. The summed E-state index contributed by atoms with van der Waals surface area (Å²) >= 11 is 0. The zero-order chi connectivity index (χ0) is 21.5. The summed E-state index contributed by atoms with van der Waals surface area (Å²) in [5.74, 6) is 6.43. The van der Waals surface area contributed by atoms with Gasteiger partial charge in [0.15, 0.2) is 5.78 Å². The van der Waals surface area contributed by atoms with Crippen molar-refractivity contribution in [3.05, 3.63) is 95.6 Å². The highest BCUT2D eigenvalue weighted by molar-refractivity contribution is 5.86. The molecule has 154 valence electrons. The second-order valence-corrected chi connectivity index (χ2v) is 7.72. The van der Waals surface area contributed by atoms with Crippen LogP contribution in [0.15, 0.2) is 83.9 Å². The molecule has 4 nitrogen and oxygen atoms in total. The van der Waals surface area contributed by atoms with Gasteiger partial charge in [-0.15, -0.1) is 0 Å². The maximum atomic E-state index is 12.4. The van der Waals surface area contributed by atoms with Crippen LogP contribution in [0.3, 0.4) is 0 Å². The summed E-state index contributed by atoms with van der Waals surface area (Å²) < 4.78 is 0. The highest BCUT2D eigenvalue weighted by Crippen LogP contribution is 2.19. The van der Waals surface area contributed by atoms with Crippen molar-refractivity contribution in [3.63, 3.8) is 0 Å². The van der Waals surface area contributed by atoms with Crippen LogP contribution >= 0.6 is 0 Å². The number of nitrogens with one attached hydrogen (secondary N) is 1. The predicted octanol–water partition coefficient (Wildman–Crippen LogP) is 3.58. The Morgan fingerprint density at radius 1 is 0.935 bits per heavy atom. The topological polar surface area (TPSA) is 67.5 Å². The van der Waals surface area contributed by atoms with E-state index in [1.807, 2.05) is 54.6 Å². The second-order valence-electron chi connectivity index (χ2n) is 7.72. The lowest BCUT2D eigenvalue weighted by molar-refractivity contribution is -0.119. The molecule has 0 aliphatic carbocycles. The fraction of sp³-hybridized carbons (Fsp3) is 0.185. The molecule has 0 fully saturated rings. The third kappa shape index (κ3) is 5.69. The molecule has 1 aliphatic rings. The third-order valence-corrected chi connectivity index (χ3v) is 5.35. The summed E-state index contributed by atoms with van der Waals surface area (Å²) in [6.45, 7) is 0.753. The molecule has 2 atom stereocenters. The Morgan fingerprint density at radius 2 is 1.55 bits per heavy atom. The summed E-state index contributed by atoms with van der Waals surface area (Å²) in [5.41, 5.74) is 11.3. The van der Waals surface area contributed by atoms with Gasteiger partial charge in [-0.05, 0) is 47.4 Å². The first-order valence-corrected chi connectivity index (χ1v) is 10.5. The van der Waals surface area contributed by atoms with Gasteiger partial charge >= 0.3 is 0 Å². The maximum absolute atomic E-state index is 12.4. The molecule has 4 heteroatoms. The molecule has 0 bridgehead atoms. The summed E-state index contributed by atoms with van der Waals surface area (Å²) in [6, 6.07) is 25.9. The lowest BCUT2D eigenvalue weighted by atomic mass is 9.98. The highest BCUT2D eigenvalue weighted by Gasteiger charge is 2.20. The van der Waals surface area contributed by atoms with Crippen molar-refractivity contribution in [1.29, 1.82) is 0 Å². The van der Waals surface area contributed by atoms with Crippen LogP contribution in [0.25, 0.3) is 11.1 Å². The monoisotopic (exact) mass is 407 g/mol. The van der Waals surface area contributed by atoms with Gasteiger partial charge in [-0.3, -0.25) is 9.79 Å². The van der Waals surface area contributed by atoms with Gasteiger partial charge < -0.3 is 11.1 Å². The van der Waals surface area contributed by atoms with Gasteiger partial charge in [0, 0.05) is 24.1 Å². The van der Waals surface area contributed by atoms with Crippen LogP contribution in [0.4, 0.5) is 0 Å². The molecule has 4 rings (SSSR count). The van der Waals surface area contributed by atoms with Crippen LogP contribution in [0.2, 0.25) is 0 Å². The standard InChI is InChI=1S/C27H25N3O/c28-26(17-25-18-29-19-30-25)27(31)16-22-10-8-20(9-11-22)6-7-21-12-14-24(15-13-21)23-4-2-1-3-5-23/h1-5,8-15,19,25-26H,16-18,28H2,(H,29,30)/t25?,26-/m0/s1. The quantitative estimate of drug-likeness (QED) is 0.614. The van der Waals surface area contributed by atoms with Crippen molar-refractivity contribution in [1.82, 2.24) is 5.32 Å². The first-order valence-electron chi connectivity index (χ1n) is 10.5. The SMILES string of the molecule is N[C@@H](CC1CNC=N1)C(=O)Cc1ccc(C#Cc2ccc(-c3ccccc3)cc2)cc1. The number of hydrogen-bond donors (Lipinski definition) is 2. The first-order chi connectivity index (χ1) is 15.2. The molecule has 0 spiro atoms. The summed E-state index contributed by atoms with van der Waals surface area (Å²) in [7, 11) is 0. The molecule has 3 aromatic rings. The van der Waals surface area contributed by atoms with Crippen LogP contribution in [-0.2, 0) is 11.2 Å². The van der Waals surface area contributed by atoms with E-state index in [1.165, 1.54) is 11.1 Å². The molecule has 1 unspecified atom stereocenters. The van der Waals surface area contributed by atoms with Gasteiger partial charge in [-0.2, -0.15) is 0 Å². The van der Waals surface area contributed by atoms with E-state index in [-0.39, 0.29) is 11.8 Å². The van der Waals surface area contributed by atoms with Crippen molar-refractivity contribution in [2.45, 2.75) is 24.9 Å². The summed E-state index contributed by atoms with van der Waals surface area (Å²) in [4.78, 5) is 16.7. The summed E-state index contributed by atoms with van der Waals surface area (Å²) in [5, 5.41) is 3.04. The Kier molecular flexibility index (Phi) is 6.56. The number of nitrogens with two attached hydrogens (primary N) is 1. The number of ketones is 1. The predicted molar refractivity (Wildman–Crippen MR) is 126 cm³/mol.